The first-order chi connectivity index (χ1) is 13.4. The summed E-state index contributed by atoms with van der Waals surface area (Å²) in [6.45, 7) is 4.13. The molecule has 0 saturated carbocycles. The van der Waals surface area contributed by atoms with Crippen LogP contribution in [0.4, 0.5) is 17.1 Å². The number of sulfonamides is 1. The Morgan fingerprint density at radius 1 is 0.786 bits per heavy atom. The van der Waals surface area contributed by atoms with E-state index in [4.69, 9.17) is 5.26 Å². The third-order valence-corrected chi connectivity index (χ3v) is 5.69. The van der Waals surface area contributed by atoms with E-state index in [1.165, 1.54) is 0 Å². The third kappa shape index (κ3) is 4.70. The molecule has 0 atom stereocenters. The van der Waals surface area contributed by atoms with Gasteiger partial charge in [0.05, 0.1) is 16.5 Å². The van der Waals surface area contributed by atoms with E-state index in [2.05, 4.69) is 30.0 Å². The van der Waals surface area contributed by atoms with Crippen molar-refractivity contribution in [1.82, 2.24) is 0 Å². The Morgan fingerprint density at radius 3 is 1.79 bits per heavy atom. The Balaban J connectivity index is 1.69. The van der Waals surface area contributed by atoms with Crippen LogP contribution >= 0.6 is 0 Å². The highest BCUT2D eigenvalue weighted by molar-refractivity contribution is 7.92. The van der Waals surface area contributed by atoms with Gasteiger partial charge in [-0.3, -0.25) is 4.72 Å². The summed E-state index contributed by atoms with van der Waals surface area (Å²) in [7, 11) is -3.64. The molecule has 0 spiro atoms. The molecule has 0 fully saturated rings. The molecular formula is C22H21N3O2S. The van der Waals surface area contributed by atoms with Gasteiger partial charge in [-0.2, -0.15) is 5.26 Å². The predicted octanol–water partition coefficient (Wildman–Crippen LogP) is 5.23. The zero-order valence-corrected chi connectivity index (χ0v) is 16.5. The second-order valence-electron chi connectivity index (χ2n) is 6.72. The average Bonchev–Trinajstić information content (AvgIpc) is 2.70. The monoisotopic (exact) mass is 391 g/mol. The van der Waals surface area contributed by atoms with Crippen LogP contribution in [0.3, 0.4) is 0 Å². The summed E-state index contributed by atoms with van der Waals surface area (Å²) in [6, 6.07) is 23.1. The van der Waals surface area contributed by atoms with Crippen LogP contribution in [0.5, 0.6) is 0 Å². The SMILES string of the molecule is CC(C)c1ccc(S(=O)(=O)Nc2ccc(Nc3ccc(C#N)cc3)cc2)cc1. The number of nitriles is 1. The second-order valence-corrected chi connectivity index (χ2v) is 8.40. The van der Waals surface area contributed by atoms with E-state index < -0.39 is 10.0 Å². The standard InChI is InChI=1S/C22H21N3O2S/c1-16(2)18-5-13-22(14-6-18)28(26,27)25-21-11-9-20(10-12-21)24-19-7-3-17(15-23)4-8-19/h3-14,16,24-25H,1-2H3. The molecule has 3 rings (SSSR count). The number of rotatable bonds is 6. The van der Waals surface area contributed by atoms with Crippen molar-refractivity contribution in [2.45, 2.75) is 24.7 Å². The quantitative estimate of drug-likeness (QED) is 0.603. The molecule has 3 aromatic rings. The number of benzene rings is 3. The molecule has 2 N–H and O–H groups in total. The molecule has 6 heteroatoms. The van der Waals surface area contributed by atoms with Gasteiger partial charge in [0.15, 0.2) is 0 Å². The van der Waals surface area contributed by atoms with E-state index in [0.29, 0.717) is 17.2 Å². The summed E-state index contributed by atoms with van der Waals surface area (Å²) in [5.74, 6) is 0.348. The maximum Gasteiger partial charge on any atom is 0.261 e. The van der Waals surface area contributed by atoms with Gasteiger partial charge in [0, 0.05) is 17.1 Å². The zero-order valence-electron chi connectivity index (χ0n) is 15.7. The van der Waals surface area contributed by atoms with Gasteiger partial charge in [0.25, 0.3) is 10.0 Å². The Labute approximate surface area is 165 Å². The molecule has 0 bridgehead atoms. The van der Waals surface area contributed by atoms with Crippen molar-refractivity contribution >= 4 is 27.1 Å². The van der Waals surface area contributed by atoms with E-state index in [1.54, 1.807) is 48.5 Å². The molecule has 5 nitrogen and oxygen atoms in total. The number of hydrogen-bond acceptors (Lipinski definition) is 4. The Morgan fingerprint density at radius 2 is 1.29 bits per heavy atom. The highest BCUT2D eigenvalue weighted by atomic mass is 32.2. The summed E-state index contributed by atoms with van der Waals surface area (Å²) < 4.78 is 27.7. The second kappa shape index (κ2) is 8.15. The van der Waals surface area contributed by atoms with Crippen LogP contribution in [0.15, 0.2) is 77.7 Å². The molecule has 0 aromatic heterocycles. The fourth-order valence-electron chi connectivity index (χ4n) is 2.66. The first-order valence-electron chi connectivity index (χ1n) is 8.87. The van der Waals surface area contributed by atoms with Gasteiger partial charge in [-0.05, 0) is 72.1 Å². The largest absolute Gasteiger partial charge is 0.356 e. The Bertz CT molecular complexity index is 1080. The van der Waals surface area contributed by atoms with E-state index in [9.17, 15) is 8.42 Å². The summed E-state index contributed by atoms with van der Waals surface area (Å²) in [4.78, 5) is 0.233. The van der Waals surface area contributed by atoms with E-state index in [0.717, 1.165) is 16.9 Å². The van der Waals surface area contributed by atoms with Crippen LogP contribution in [0.25, 0.3) is 0 Å². The van der Waals surface area contributed by atoms with Crippen molar-refractivity contribution in [3.05, 3.63) is 83.9 Å². The zero-order chi connectivity index (χ0) is 20.1. The van der Waals surface area contributed by atoms with Gasteiger partial charge in [0.2, 0.25) is 0 Å². The van der Waals surface area contributed by atoms with E-state index in [-0.39, 0.29) is 4.90 Å². The molecule has 0 saturated heterocycles. The first kappa shape index (κ1) is 19.5. The molecule has 0 aliphatic rings. The van der Waals surface area contributed by atoms with Crippen LogP contribution in [0.2, 0.25) is 0 Å². The highest BCUT2D eigenvalue weighted by Crippen LogP contribution is 2.22. The fourth-order valence-corrected chi connectivity index (χ4v) is 3.72. The topological polar surface area (TPSA) is 82.0 Å². The van der Waals surface area contributed by atoms with Gasteiger partial charge >= 0.3 is 0 Å². The molecule has 28 heavy (non-hydrogen) atoms. The number of nitrogens with one attached hydrogen (secondary N) is 2. The molecule has 0 aliphatic heterocycles. The van der Waals surface area contributed by atoms with Crippen LogP contribution in [-0.2, 0) is 10.0 Å². The Hall–Kier alpha value is -3.30. The lowest BCUT2D eigenvalue weighted by molar-refractivity contribution is 0.601. The van der Waals surface area contributed by atoms with Crippen molar-refractivity contribution in [3.63, 3.8) is 0 Å². The van der Waals surface area contributed by atoms with Crippen LogP contribution < -0.4 is 10.0 Å². The maximum atomic E-state index is 12.6. The van der Waals surface area contributed by atoms with Crippen molar-refractivity contribution in [2.75, 3.05) is 10.0 Å². The lowest BCUT2D eigenvalue weighted by atomic mass is 10.0. The molecule has 142 valence electrons. The minimum atomic E-state index is -3.64. The maximum absolute atomic E-state index is 12.6. The number of anilines is 3. The van der Waals surface area contributed by atoms with E-state index >= 15 is 0 Å². The van der Waals surface area contributed by atoms with Crippen LogP contribution in [-0.4, -0.2) is 8.42 Å². The first-order valence-corrected chi connectivity index (χ1v) is 10.4. The van der Waals surface area contributed by atoms with Gasteiger partial charge in [-0.15, -0.1) is 0 Å². The number of hydrogen-bond donors (Lipinski definition) is 2. The lowest BCUT2D eigenvalue weighted by Crippen LogP contribution is -2.13. The van der Waals surface area contributed by atoms with Crippen LogP contribution in [0, 0.1) is 11.3 Å². The molecule has 0 heterocycles. The average molecular weight is 391 g/mol. The summed E-state index contributed by atoms with van der Waals surface area (Å²) in [5.41, 5.74) is 3.83. The lowest BCUT2D eigenvalue weighted by Gasteiger charge is -2.11. The van der Waals surface area contributed by atoms with Gasteiger partial charge in [-0.1, -0.05) is 26.0 Å². The van der Waals surface area contributed by atoms with Gasteiger partial charge < -0.3 is 5.32 Å². The van der Waals surface area contributed by atoms with Gasteiger partial charge in [-0.25, -0.2) is 8.42 Å². The molecular weight excluding hydrogens is 370 g/mol. The van der Waals surface area contributed by atoms with Crippen LogP contribution in [0.1, 0.15) is 30.9 Å². The van der Waals surface area contributed by atoms with Crippen molar-refractivity contribution in [3.8, 4) is 6.07 Å². The third-order valence-electron chi connectivity index (χ3n) is 4.30. The summed E-state index contributed by atoms with van der Waals surface area (Å²) in [6.07, 6.45) is 0. The fraction of sp³-hybridized carbons (Fsp3) is 0.136. The number of nitrogens with zero attached hydrogens (tertiary/aromatic N) is 1. The summed E-state index contributed by atoms with van der Waals surface area (Å²) in [5, 5.41) is 12.0. The molecule has 0 unspecified atom stereocenters. The molecule has 0 amide bonds. The molecule has 0 radical (unpaired) electrons. The Kier molecular flexibility index (Phi) is 5.67. The predicted molar refractivity (Wildman–Crippen MR) is 112 cm³/mol. The summed E-state index contributed by atoms with van der Waals surface area (Å²) >= 11 is 0. The van der Waals surface area contributed by atoms with Crippen molar-refractivity contribution in [2.24, 2.45) is 0 Å². The minimum Gasteiger partial charge on any atom is -0.356 e. The smallest absolute Gasteiger partial charge is 0.261 e. The normalized spacial score (nSPS) is 11.1. The minimum absolute atomic E-state index is 0.233. The molecule has 3 aromatic carbocycles. The van der Waals surface area contributed by atoms with Gasteiger partial charge in [0.1, 0.15) is 0 Å². The van der Waals surface area contributed by atoms with E-state index in [1.807, 2.05) is 24.3 Å². The van der Waals surface area contributed by atoms with Crippen molar-refractivity contribution in [1.29, 1.82) is 5.26 Å². The molecule has 0 aliphatic carbocycles. The van der Waals surface area contributed by atoms with Crippen molar-refractivity contribution < 1.29 is 8.42 Å². The highest BCUT2D eigenvalue weighted by Gasteiger charge is 2.14.